The molecule has 6 nitrogen and oxygen atoms in total. The smallest absolute Gasteiger partial charge is 0.321 e. The third-order valence-corrected chi connectivity index (χ3v) is 4.51. The molecule has 1 aromatic rings. The lowest BCUT2D eigenvalue weighted by Crippen LogP contribution is -2.20. The van der Waals surface area contributed by atoms with Gasteiger partial charge >= 0.3 is 15.2 Å². The number of rotatable bonds is 2. The molecule has 0 radical (unpaired) electrons. The predicted octanol–water partition coefficient (Wildman–Crippen LogP) is -0.646. The first-order valence-electron chi connectivity index (χ1n) is 2.91. The minimum Gasteiger partial charge on any atom is -0.321 e. The topological polar surface area (TPSA) is 115 Å². The summed E-state index contributed by atoms with van der Waals surface area (Å²) < 4.78 is 21.4. The molecule has 0 saturated carbocycles. The van der Waals surface area contributed by atoms with Crippen LogP contribution < -0.4 is 10.6 Å². The summed E-state index contributed by atoms with van der Waals surface area (Å²) in [5.74, 6) is 0. The number of hydrogen-bond donors (Lipinski definition) is 4. The van der Waals surface area contributed by atoms with Crippen molar-refractivity contribution in [2.45, 2.75) is 0 Å². The average Bonchev–Trinajstić information content (AvgIpc) is 2.27. The van der Waals surface area contributed by atoms with Crippen molar-refractivity contribution in [3.05, 3.63) is 10.8 Å². The molecule has 0 amide bonds. The molecule has 0 fully saturated rings. The highest BCUT2D eigenvalue weighted by Gasteiger charge is 2.31. The van der Waals surface area contributed by atoms with E-state index in [1.807, 2.05) is 0 Å². The first-order valence-corrected chi connectivity index (χ1v) is 7.08. The summed E-state index contributed by atoms with van der Waals surface area (Å²) in [5.41, 5.74) is 0. The Morgan fingerprint density at radius 3 is 1.46 bits per heavy atom. The minimum atomic E-state index is -4.59. The van der Waals surface area contributed by atoms with E-state index in [1.54, 1.807) is 0 Å². The molecular formula is C4H6O6P2S. The first-order chi connectivity index (χ1) is 5.73. The Morgan fingerprint density at radius 1 is 0.923 bits per heavy atom. The lowest BCUT2D eigenvalue weighted by molar-refractivity contribution is 0.381. The van der Waals surface area contributed by atoms with Gasteiger partial charge in [-0.05, 0) is 0 Å². The zero-order chi connectivity index (χ0) is 10.3. The van der Waals surface area contributed by atoms with E-state index in [-0.39, 0.29) is 0 Å². The highest BCUT2D eigenvalue weighted by molar-refractivity contribution is 7.67. The molecule has 0 saturated heterocycles. The largest absolute Gasteiger partial charge is 0.357 e. The quantitative estimate of drug-likeness (QED) is 0.514. The highest BCUT2D eigenvalue weighted by atomic mass is 32.1. The van der Waals surface area contributed by atoms with Gasteiger partial charge in [0.15, 0.2) is 0 Å². The van der Waals surface area contributed by atoms with E-state index < -0.39 is 25.8 Å². The number of thiophene rings is 1. The molecule has 9 heteroatoms. The standard InChI is InChI=1S/C4H6O6P2S/c5-11(6,7)3-1-13-2-4(3)12(8,9)10/h1-2H,(H2,5,6,7)(H2,8,9,10). The number of hydrogen-bond acceptors (Lipinski definition) is 3. The lowest BCUT2D eigenvalue weighted by Gasteiger charge is -2.06. The summed E-state index contributed by atoms with van der Waals surface area (Å²) in [5, 5.41) is 0.890. The second-order valence-corrected chi connectivity index (χ2v) is 6.11. The molecule has 0 aliphatic carbocycles. The Kier molecular flexibility index (Phi) is 2.81. The second kappa shape index (κ2) is 3.29. The maximum atomic E-state index is 10.7. The van der Waals surface area contributed by atoms with Gasteiger partial charge in [0.25, 0.3) is 0 Å². The van der Waals surface area contributed by atoms with Gasteiger partial charge in [-0.1, -0.05) is 0 Å². The summed E-state index contributed by atoms with van der Waals surface area (Å²) in [6, 6.07) is 0. The van der Waals surface area contributed by atoms with Gasteiger partial charge in [0.2, 0.25) is 0 Å². The van der Waals surface area contributed by atoms with Crippen LogP contribution in [0.25, 0.3) is 0 Å². The Bertz CT molecular complexity index is 362. The van der Waals surface area contributed by atoms with Crippen LogP contribution in [0.2, 0.25) is 0 Å². The average molecular weight is 244 g/mol. The van der Waals surface area contributed by atoms with Gasteiger partial charge in [-0.3, -0.25) is 9.13 Å². The molecular weight excluding hydrogens is 238 g/mol. The van der Waals surface area contributed by atoms with E-state index >= 15 is 0 Å². The second-order valence-electron chi connectivity index (χ2n) is 2.23. The maximum Gasteiger partial charge on any atom is 0.357 e. The zero-order valence-corrected chi connectivity index (χ0v) is 8.67. The molecule has 0 aliphatic heterocycles. The van der Waals surface area contributed by atoms with E-state index in [9.17, 15) is 9.13 Å². The molecule has 4 N–H and O–H groups in total. The van der Waals surface area contributed by atoms with Crippen molar-refractivity contribution in [3.63, 3.8) is 0 Å². The highest BCUT2D eigenvalue weighted by Crippen LogP contribution is 2.41. The van der Waals surface area contributed by atoms with E-state index in [4.69, 9.17) is 19.6 Å². The van der Waals surface area contributed by atoms with Crippen LogP contribution in [0.4, 0.5) is 0 Å². The molecule has 13 heavy (non-hydrogen) atoms. The first kappa shape index (κ1) is 11.1. The van der Waals surface area contributed by atoms with Crippen LogP contribution >= 0.6 is 26.5 Å². The Labute approximate surface area is 77.2 Å². The molecule has 0 unspecified atom stereocenters. The van der Waals surface area contributed by atoms with E-state index in [0.717, 1.165) is 22.1 Å². The van der Waals surface area contributed by atoms with E-state index in [0.29, 0.717) is 0 Å². The molecule has 1 aromatic heterocycles. The summed E-state index contributed by atoms with van der Waals surface area (Å²) in [7, 11) is -9.17. The van der Waals surface area contributed by atoms with Crippen LogP contribution in [0.5, 0.6) is 0 Å². The van der Waals surface area contributed by atoms with Gasteiger partial charge < -0.3 is 19.6 Å². The van der Waals surface area contributed by atoms with Crippen LogP contribution in [0, 0.1) is 0 Å². The lowest BCUT2D eigenvalue weighted by atomic mass is 10.7. The molecule has 0 atom stereocenters. The van der Waals surface area contributed by atoms with E-state index in [1.165, 1.54) is 0 Å². The maximum absolute atomic E-state index is 10.7. The van der Waals surface area contributed by atoms with Crippen molar-refractivity contribution in [2.75, 3.05) is 0 Å². The summed E-state index contributed by atoms with van der Waals surface area (Å²) in [4.78, 5) is 34.8. The van der Waals surface area contributed by atoms with Gasteiger partial charge in [0.1, 0.15) is 0 Å². The van der Waals surface area contributed by atoms with Crippen molar-refractivity contribution in [1.82, 2.24) is 0 Å². The molecule has 1 heterocycles. The zero-order valence-electron chi connectivity index (χ0n) is 6.06. The van der Waals surface area contributed by atoms with Crippen LogP contribution in [-0.2, 0) is 9.13 Å². The van der Waals surface area contributed by atoms with Gasteiger partial charge in [0.05, 0.1) is 10.6 Å². The molecule has 1 rings (SSSR count). The van der Waals surface area contributed by atoms with Crippen LogP contribution in [0.3, 0.4) is 0 Å². The minimum absolute atomic E-state index is 0.592. The molecule has 0 spiro atoms. The van der Waals surface area contributed by atoms with Gasteiger partial charge in [-0.25, -0.2) is 0 Å². The Hall–Kier alpha value is -0.0000000000000000971. The third kappa shape index (κ3) is 2.48. The van der Waals surface area contributed by atoms with Gasteiger partial charge in [-0.15, -0.1) is 0 Å². The van der Waals surface area contributed by atoms with Gasteiger partial charge in [0, 0.05) is 10.8 Å². The van der Waals surface area contributed by atoms with Crippen molar-refractivity contribution in [3.8, 4) is 0 Å². The normalized spacial score (nSPS) is 13.2. The Balaban J connectivity index is 3.35. The van der Waals surface area contributed by atoms with Crippen molar-refractivity contribution >= 4 is 37.1 Å². The molecule has 0 aromatic carbocycles. The SMILES string of the molecule is O=P(O)(O)c1cscc1P(=O)(O)O. The van der Waals surface area contributed by atoms with Crippen LogP contribution in [0.15, 0.2) is 10.8 Å². The predicted molar refractivity (Wildman–Crippen MR) is 47.7 cm³/mol. The van der Waals surface area contributed by atoms with Crippen molar-refractivity contribution < 1.29 is 28.7 Å². The van der Waals surface area contributed by atoms with Crippen LogP contribution in [-0.4, -0.2) is 19.6 Å². The van der Waals surface area contributed by atoms with Crippen LogP contribution in [0.1, 0.15) is 0 Å². The summed E-state index contributed by atoms with van der Waals surface area (Å²) in [6.07, 6.45) is 0. The Morgan fingerprint density at radius 2 is 1.23 bits per heavy atom. The van der Waals surface area contributed by atoms with Gasteiger partial charge in [-0.2, -0.15) is 11.3 Å². The monoisotopic (exact) mass is 244 g/mol. The van der Waals surface area contributed by atoms with Crippen molar-refractivity contribution in [1.29, 1.82) is 0 Å². The third-order valence-electron chi connectivity index (χ3n) is 1.25. The van der Waals surface area contributed by atoms with E-state index in [2.05, 4.69) is 0 Å². The molecule has 74 valence electrons. The fraction of sp³-hybridized carbons (Fsp3) is 0. The fourth-order valence-corrected chi connectivity index (χ4v) is 4.45. The van der Waals surface area contributed by atoms with Crippen molar-refractivity contribution in [2.24, 2.45) is 0 Å². The summed E-state index contributed by atoms with van der Waals surface area (Å²) in [6.45, 7) is 0. The fourth-order valence-electron chi connectivity index (χ4n) is 0.719. The summed E-state index contributed by atoms with van der Waals surface area (Å²) >= 11 is 0.836. The molecule has 0 bridgehead atoms. The molecule has 0 aliphatic rings.